The molecule has 1 amide bonds. The second-order valence-electron chi connectivity index (χ2n) is 3.59. The molecule has 0 radical (unpaired) electrons. The van der Waals surface area contributed by atoms with Gasteiger partial charge in [-0.1, -0.05) is 0 Å². The lowest BCUT2D eigenvalue weighted by atomic mass is 10.4. The number of carbonyl (C=O) groups is 2. The van der Waals surface area contributed by atoms with Crippen LogP contribution in [-0.4, -0.2) is 49.6 Å². The summed E-state index contributed by atoms with van der Waals surface area (Å²) in [6, 6.07) is 0.246. The average molecular weight is 251 g/mol. The molecular weight excluding hydrogens is 232 g/mol. The van der Waals surface area contributed by atoms with Crippen molar-refractivity contribution in [2.24, 2.45) is 0 Å². The molecule has 0 unspecified atom stereocenters. The molecular formula is C10H19ClN2O3. The second kappa shape index (κ2) is 7.46. The molecule has 5 nitrogen and oxygen atoms in total. The molecule has 1 rings (SSSR count). The number of nitrogens with zero attached hydrogens (tertiary/aromatic N) is 1. The molecule has 0 spiro atoms. The summed E-state index contributed by atoms with van der Waals surface area (Å²) in [7, 11) is 1.72. The van der Waals surface area contributed by atoms with Crippen molar-refractivity contribution in [1.29, 1.82) is 0 Å². The van der Waals surface area contributed by atoms with Gasteiger partial charge in [0.1, 0.15) is 6.54 Å². The van der Waals surface area contributed by atoms with Gasteiger partial charge in [0.2, 0.25) is 5.91 Å². The van der Waals surface area contributed by atoms with Gasteiger partial charge in [-0.05, 0) is 26.8 Å². The van der Waals surface area contributed by atoms with E-state index in [1.807, 2.05) is 0 Å². The van der Waals surface area contributed by atoms with Crippen LogP contribution in [0.4, 0.5) is 0 Å². The molecule has 0 aromatic carbocycles. The molecule has 1 saturated carbocycles. The highest BCUT2D eigenvalue weighted by Crippen LogP contribution is 2.26. The molecule has 0 heterocycles. The monoisotopic (exact) mass is 250 g/mol. The molecule has 1 aliphatic rings. The molecule has 1 aliphatic carbocycles. The highest BCUT2D eigenvalue weighted by Gasteiger charge is 2.33. The third-order valence-electron chi connectivity index (χ3n) is 2.24. The van der Waals surface area contributed by atoms with Crippen molar-refractivity contribution in [1.82, 2.24) is 10.2 Å². The van der Waals surface area contributed by atoms with Gasteiger partial charge in [0.05, 0.1) is 13.2 Å². The van der Waals surface area contributed by atoms with Crippen molar-refractivity contribution in [2.45, 2.75) is 25.8 Å². The van der Waals surface area contributed by atoms with E-state index in [1.54, 1.807) is 18.9 Å². The molecule has 0 aromatic rings. The first-order valence-corrected chi connectivity index (χ1v) is 5.28. The van der Waals surface area contributed by atoms with Gasteiger partial charge in [-0.15, -0.1) is 12.4 Å². The predicted molar refractivity (Wildman–Crippen MR) is 62.5 cm³/mol. The van der Waals surface area contributed by atoms with Gasteiger partial charge in [0.15, 0.2) is 0 Å². The third-order valence-corrected chi connectivity index (χ3v) is 2.24. The Morgan fingerprint density at radius 2 is 2.06 bits per heavy atom. The van der Waals surface area contributed by atoms with Crippen LogP contribution in [0.2, 0.25) is 0 Å². The minimum atomic E-state index is -0.325. The van der Waals surface area contributed by atoms with E-state index >= 15 is 0 Å². The number of rotatable bonds is 6. The van der Waals surface area contributed by atoms with Gasteiger partial charge in [-0.25, -0.2) is 0 Å². The highest BCUT2D eigenvalue weighted by atomic mass is 35.5. The first kappa shape index (κ1) is 15.2. The van der Waals surface area contributed by atoms with E-state index in [2.05, 4.69) is 5.32 Å². The predicted octanol–water partition coefficient (Wildman–Crippen LogP) is 0.182. The molecule has 94 valence electrons. The summed E-state index contributed by atoms with van der Waals surface area (Å²) in [6.45, 7) is 2.47. The zero-order chi connectivity index (χ0) is 11.3. The summed E-state index contributed by atoms with van der Waals surface area (Å²) in [6.07, 6.45) is 1.99. The Morgan fingerprint density at radius 1 is 1.44 bits per heavy atom. The van der Waals surface area contributed by atoms with E-state index in [0.29, 0.717) is 6.61 Å². The Bertz CT molecular complexity index is 244. The SMILES string of the molecule is CCOC(=O)CN(C(=O)CNC)C1CC1.Cl. The third kappa shape index (κ3) is 4.81. The van der Waals surface area contributed by atoms with E-state index in [9.17, 15) is 9.59 Å². The number of hydrogen-bond donors (Lipinski definition) is 1. The number of nitrogens with one attached hydrogen (secondary N) is 1. The molecule has 0 aliphatic heterocycles. The molecule has 0 saturated heterocycles. The van der Waals surface area contributed by atoms with Crippen molar-refractivity contribution in [3.8, 4) is 0 Å². The fraction of sp³-hybridized carbons (Fsp3) is 0.800. The number of halogens is 1. The van der Waals surface area contributed by atoms with E-state index in [-0.39, 0.29) is 43.4 Å². The summed E-state index contributed by atoms with van der Waals surface area (Å²) in [5.41, 5.74) is 0. The van der Waals surface area contributed by atoms with E-state index < -0.39 is 0 Å². The van der Waals surface area contributed by atoms with Gasteiger partial charge in [0, 0.05) is 6.04 Å². The maximum Gasteiger partial charge on any atom is 0.325 e. The first-order chi connectivity index (χ1) is 7.19. The van der Waals surface area contributed by atoms with Crippen LogP contribution in [0, 0.1) is 0 Å². The molecule has 6 heteroatoms. The highest BCUT2D eigenvalue weighted by molar-refractivity contribution is 5.85. The molecule has 0 bridgehead atoms. The van der Waals surface area contributed by atoms with Crippen molar-refractivity contribution >= 4 is 24.3 Å². The lowest BCUT2D eigenvalue weighted by Gasteiger charge is -2.20. The zero-order valence-corrected chi connectivity index (χ0v) is 10.5. The van der Waals surface area contributed by atoms with Gasteiger partial charge >= 0.3 is 5.97 Å². The van der Waals surface area contributed by atoms with Crippen LogP contribution < -0.4 is 5.32 Å². The number of amides is 1. The lowest BCUT2D eigenvalue weighted by molar-refractivity contribution is -0.149. The van der Waals surface area contributed by atoms with Gasteiger partial charge < -0.3 is 15.0 Å². The van der Waals surface area contributed by atoms with Gasteiger partial charge in [-0.2, -0.15) is 0 Å². The number of esters is 1. The van der Waals surface area contributed by atoms with Crippen LogP contribution in [0.25, 0.3) is 0 Å². The number of hydrogen-bond acceptors (Lipinski definition) is 4. The minimum absolute atomic E-state index is 0. The molecule has 0 aromatic heterocycles. The first-order valence-electron chi connectivity index (χ1n) is 5.28. The maximum atomic E-state index is 11.6. The van der Waals surface area contributed by atoms with Crippen LogP contribution >= 0.6 is 12.4 Å². The standard InChI is InChI=1S/C10H18N2O3.ClH/c1-3-15-10(14)7-12(8-4-5-8)9(13)6-11-2;/h8,11H,3-7H2,1-2H3;1H. The number of carbonyl (C=O) groups excluding carboxylic acids is 2. The topological polar surface area (TPSA) is 58.6 Å². The van der Waals surface area contributed by atoms with Crippen molar-refractivity contribution in [3.05, 3.63) is 0 Å². The van der Waals surface area contributed by atoms with Crippen molar-refractivity contribution < 1.29 is 14.3 Å². The van der Waals surface area contributed by atoms with Crippen LogP contribution in [-0.2, 0) is 14.3 Å². The average Bonchev–Trinajstić information content (AvgIpc) is 2.98. The van der Waals surface area contributed by atoms with Gasteiger partial charge in [-0.3, -0.25) is 9.59 Å². The fourth-order valence-electron chi connectivity index (χ4n) is 1.41. The maximum absolute atomic E-state index is 11.6. The molecule has 0 atom stereocenters. The second-order valence-corrected chi connectivity index (χ2v) is 3.59. The van der Waals surface area contributed by atoms with E-state index in [0.717, 1.165) is 12.8 Å². The molecule has 16 heavy (non-hydrogen) atoms. The summed E-state index contributed by atoms with van der Waals surface area (Å²) < 4.78 is 4.83. The fourth-order valence-corrected chi connectivity index (χ4v) is 1.41. The summed E-state index contributed by atoms with van der Waals surface area (Å²) in [5, 5.41) is 2.79. The smallest absolute Gasteiger partial charge is 0.325 e. The van der Waals surface area contributed by atoms with Crippen LogP contribution in [0.5, 0.6) is 0 Å². The lowest BCUT2D eigenvalue weighted by Crippen LogP contribution is -2.42. The van der Waals surface area contributed by atoms with Gasteiger partial charge in [0.25, 0.3) is 0 Å². The Morgan fingerprint density at radius 3 is 2.50 bits per heavy atom. The molecule has 1 N–H and O–H groups in total. The Labute approximate surface area is 102 Å². The Balaban J connectivity index is 0.00000225. The molecule has 1 fully saturated rings. The summed E-state index contributed by atoms with van der Waals surface area (Å²) in [4.78, 5) is 24.5. The number of ether oxygens (including phenoxy) is 1. The number of likely N-dealkylation sites (N-methyl/N-ethyl adjacent to an activating group) is 1. The van der Waals surface area contributed by atoms with Crippen LogP contribution in [0.15, 0.2) is 0 Å². The normalized spacial score (nSPS) is 13.9. The zero-order valence-electron chi connectivity index (χ0n) is 9.69. The van der Waals surface area contributed by atoms with Crippen LogP contribution in [0.1, 0.15) is 19.8 Å². The summed E-state index contributed by atoms with van der Waals surface area (Å²) in [5.74, 6) is -0.359. The quantitative estimate of drug-likeness (QED) is 0.684. The van der Waals surface area contributed by atoms with E-state index in [4.69, 9.17) is 4.74 Å². The minimum Gasteiger partial charge on any atom is -0.465 e. The largest absolute Gasteiger partial charge is 0.465 e. The Hall–Kier alpha value is -0.810. The van der Waals surface area contributed by atoms with Crippen LogP contribution in [0.3, 0.4) is 0 Å². The van der Waals surface area contributed by atoms with E-state index in [1.165, 1.54) is 0 Å². The summed E-state index contributed by atoms with van der Waals surface area (Å²) >= 11 is 0. The Kier molecular flexibility index (Phi) is 7.08. The van der Waals surface area contributed by atoms with Crippen molar-refractivity contribution in [2.75, 3.05) is 26.7 Å². The van der Waals surface area contributed by atoms with Crippen molar-refractivity contribution in [3.63, 3.8) is 0 Å².